The summed E-state index contributed by atoms with van der Waals surface area (Å²) in [4.78, 5) is 26.6. The Balaban J connectivity index is 1.75. The van der Waals surface area contributed by atoms with Gasteiger partial charge >= 0.3 is 12.1 Å². The molecule has 0 bridgehead atoms. The van der Waals surface area contributed by atoms with Crippen molar-refractivity contribution in [3.05, 3.63) is 58.6 Å². The first-order valence-corrected chi connectivity index (χ1v) is 12.4. The smallest absolute Gasteiger partial charge is 0.410 e. The van der Waals surface area contributed by atoms with Gasteiger partial charge in [0.15, 0.2) is 11.5 Å². The summed E-state index contributed by atoms with van der Waals surface area (Å²) in [5, 5.41) is 11.4. The summed E-state index contributed by atoms with van der Waals surface area (Å²) < 4.78 is 22.1. The number of aliphatic hydroxyl groups excluding tert-OH is 1. The second-order valence-electron chi connectivity index (χ2n) is 9.71. The van der Waals surface area contributed by atoms with Crippen molar-refractivity contribution in [2.75, 3.05) is 19.8 Å². The highest BCUT2D eigenvalue weighted by Crippen LogP contribution is 2.33. The third-order valence-corrected chi connectivity index (χ3v) is 5.75. The largest absolute Gasteiger partial charge is 0.485 e. The van der Waals surface area contributed by atoms with Gasteiger partial charge in [-0.2, -0.15) is 0 Å². The average molecular weight is 520 g/mol. The number of ether oxygens (including phenoxy) is 4. The monoisotopic (exact) mass is 519 g/mol. The van der Waals surface area contributed by atoms with E-state index < -0.39 is 29.9 Å². The number of hydrogen-bond donors (Lipinski definition) is 1. The normalized spacial score (nSPS) is 16.6. The third-order valence-electron chi connectivity index (χ3n) is 5.51. The van der Waals surface area contributed by atoms with Crippen LogP contribution in [0.4, 0.5) is 4.79 Å². The number of amides is 1. The van der Waals surface area contributed by atoms with Gasteiger partial charge in [0, 0.05) is 11.1 Å². The maximum absolute atomic E-state index is 13.1. The fourth-order valence-corrected chi connectivity index (χ4v) is 4.00. The molecule has 1 heterocycles. The lowest BCUT2D eigenvalue weighted by Gasteiger charge is -2.33. The topological polar surface area (TPSA) is 94.5 Å². The molecule has 36 heavy (non-hydrogen) atoms. The minimum atomic E-state index is -0.946. The number of carbonyl (C=O) groups is 2. The summed E-state index contributed by atoms with van der Waals surface area (Å²) >= 11 is 6.08. The zero-order valence-electron chi connectivity index (χ0n) is 21.3. The highest BCUT2D eigenvalue weighted by molar-refractivity contribution is 6.30. The van der Waals surface area contributed by atoms with E-state index in [0.717, 1.165) is 5.56 Å². The highest BCUT2D eigenvalue weighted by atomic mass is 35.5. The van der Waals surface area contributed by atoms with E-state index in [9.17, 15) is 14.7 Å². The number of benzene rings is 2. The number of fused-ring (bicyclic) bond motifs is 1. The Morgan fingerprint density at radius 2 is 1.94 bits per heavy atom. The lowest BCUT2D eigenvalue weighted by Crippen LogP contribution is -2.45. The molecule has 1 amide bonds. The molecule has 0 fully saturated rings. The summed E-state index contributed by atoms with van der Waals surface area (Å²) in [6.45, 7) is 9.37. The predicted octanol–water partition coefficient (Wildman–Crippen LogP) is 4.94. The van der Waals surface area contributed by atoms with Crippen LogP contribution in [-0.4, -0.2) is 59.6 Å². The van der Waals surface area contributed by atoms with Gasteiger partial charge in [-0.05, 0) is 76.4 Å². The second kappa shape index (κ2) is 11.8. The maximum Gasteiger partial charge on any atom is 0.410 e. The Morgan fingerprint density at radius 1 is 1.19 bits per heavy atom. The van der Waals surface area contributed by atoms with Gasteiger partial charge in [0.05, 0.1) is 19.3 Å². The van der Waals surface area contributed by atoms with Crippen molar-refractivity contribution in [2.24, 2.45) is 0 Å². The average Bonchev–Trinajstić information content (AvgIpc) is 2.80. The van der Waals surface area contributed by atoms with Gasteiger partial charge in [-0.25, -0.2) is 9.59 Å². The molecule has 1 aliphatic heterocycles. The van der Waals surface area contributed by atoms with Crippen LogP contribution < -0.4 is 9.47 Å². The van der Waals surface area contributed by atoms with E-state index in [0.29, 0.717) is 28.5 Å². The fourth-order valence-electron chi connectivity index (χ4n) is 3.81. The molecule has 196 valence electrons. The first kappa shape index (κ1) is 27.6. The molecule has 2 aromatic carbocycles. The predicted molar refractivity (Wildman–Crippen MR) is 136 cm³/mol. The Labute approximate surface area is 217 Å². The standard InChI is InChI=1S/C27H34ClNO7/c1-6-33-25(31)24-16-34-23-13-18(10-11-22(23)35-24)12-17(2)29(26(32)36-27(3,4)5)15-21(30)19-8-7-9-20(28)14-19/h7-11,13-14,17,21,24,30H,6,12,15-16H2,1-5H3/t17-,21-,24-/m0/s1. The molecule has 0 unspecified atom stereocenters. The number of aliphatic hydroxyl groups is 1. The van der Waals surface area contributed by atoms with E-state index in [1.54, 1.807) is 58.0 Å². The van der Waals surface area contributed by atoms with Crippen LogP contribution >= 0.6 is 11.6 Å². The van der Waals surface area contributed by atoms with Gasteiger partial charge in [-0.15, -0.1) is 0 Å². The number of rotatable bonds is 8. The van der Waals surface area contributed by atoms with E-state index >= 15 is 0 Å². The molecule has 1 N–H and O–H groups in total. The quantitative estimate of drug-likeness (QED) is 0.493. The maximum atomic E-state index is 13.1. The Morgan fingerprint density at radius 3 is 2.61 bits per heavy atom. The minimum absolute atomic E-state index is 0.0300. The van der Waals surface area contributed by atoms with Crippen molar-refractivity contribution >= 4 is 23.7 Å². The molecule has 0 aromatic heterocycles. The van der Waals surface area contributed by atoms with Crippen LogP contribution in [0.3, 0.4) is 0 Å². The van der Waals surface area contributed by atoms with Crippen LogP contribution in [0, 0.1) is 0 Å². The molecule has 3 atom stereocenters. The summed E-state index contributed by atoms with van der Waals surface area (Å²) in [6, 6.07) is 12.0. The van der Waals surface area contributed by atoms with E-state index in [4.69, 9.17) is 30.5 Å². The molecule has 9 heteroatoms. The molecule has 2 aromatic rings. The molecule has 0 spiro atoms. The van der Waals surface area contributed by atoms with Crippen molar-refractivity contribution in [3.63, 3.8) is 0 Å². The van der Waals surface area contributed by atoms with E-state index in [1.807, 2.05) is 19.1 Å². The van der Waals surface area contributed by atoms with Gasteiger partial charge in [-0.3, -0.25) is 0 Å². The SMILES string of the molecule is CCOC(=O)[C@@H]1COc2cc(C[C@H](C)N(C[C@H](O)c3cccc(Cl)c3)C(=O)OC(C)(C)C)ccc2O1. The van der Waals surface area contributed by atoms with Crippen LogP contribution in [0.2, 0.25) is 5.02 Å². The molecule has 0 radical (unpaired) electrons. The molecule has 0 saturated carbocycles. The van der Waals surface area contributed by atoms with Crippen LogP contribution in [0.25, 0.3) is 0 Å². The van der Waals surface area contributed by atoms with Gasteiger partial charge in [0.25, 0.3) is 0 Å². The Hall–Kier alpha value is -2.97. The van der Waals surface area contributed by atoms with Crippen molar-refractivity contribution in [1.29, 1.82) is 0 Å². The summed E-state index contributed by atoms with van der Waals surface area (Å²) in [5.41, 5.74) is 0.812. The zero-order valence-corrected chi connectivity index (χ0v) is 22.1. The van der Waals surface area contributed by atoms with Crippen molar-refractivity contribution < 1.29 is 33.6 Å². The molecule has 1 aliphatic rings. The number of nitrogens with zero attached hydrogens (tertiary/aromatic N) is 1. The first-order chi connectivity index (χ1) is 17.0. The minimum Gasteiger partial charge on any atom is -0.485 e. The third kappa shape index (κ3) is 7.51. The van der Waals surface area contributed by atoms with Crippen molar-refractivity contribution in [2.45, 2.75) is 64.9 Å². The molecular weight excluding hydrogens is 486 g/mol. The fraction of sp³-hybridized carbons (Fsp3) is 0.481. The Kier molecular flexibility index (Phi) is 9.08. The van der Waals surface area contributed by atoms with Crippen molar-refractivity contribution in [3.8, 4) is 11.5 Å². The Bertz CT molecular complexity index is 1070. The summed E-state index contributed by atoms with van der Waals surface area (Å²) in [7, 11) is 0. The van der Waals surface area contributed by atoms with E-state index in [1.165, 1.54) is 4.90 Å². The van der Waals surface area contributed by atoms with Crippen LogP contribution in [0.1, 0.15) is 51.8 Å². The van der Waals surface area contributed by atoms with Gasteiger partial charge in [0.2, 0.25) is 6.10 Å². The lowest BCUT2D eigenvalue weighted by molar-refractivity contribution is -0.153. The zero-order chi connectivity index (χ0) is 26.5. The lowest BCUT2D eigenvalue weighted by atomic mass is 10.0. The van der Waals surface area contributed by atoms with E-state index in [2.05, 4.69) is 0 Å². The van der Waals surface area contributed by atoms with Crippen LogP contribution in [0.15, 0.2) is 42.5 Å². The second-order valence-corrected chi connectivity index (χ2v) is 10.1. The highest BCUT2D eigenvalue weighted by Gasteiger charge is 2.31. The molecule has 3 rings (SSSR count). The number of hydrogen-bond acceptors (Lipinski definition) is 7. The van der Waals surface area contributed by atoms with Crippen molar-refractivity contribution in [1.82, 2.24) is 4.90 Å². The summed E-state index contributed by atoms with van der Waals surface area (Å²) in [6.07, 6.45) is -1.80. The van der Waals surface area contributed by atoms with E-state index in [-0.39, 0.29) is 25.8 Å². The van der Waals surface area contributed by atoms with Crippen LogP contribution in [0.5, 0.6) is 11.5 Å². The van der Waals surface area contributed by atoms with Crippen LogP contribution in [-0.2, 0) is 20.7 Å². The molecular formula is C27H34ClNO7. The van der Waals surface area contributed by atoms with Gasteiger partial charge in [0.1, 0.15) is 12.2 Å². The molecule has 0 aliphatic carbocycles. The number of halogens is 1. The van der Waals surface area contributed by atoms with Gasteiger partial charge in [-0.1, -0.05) is 29.8 Å². The summed E-state index contributed by atoms with van der Waals surface area (Å²) in [5.74, 6) is 0.506. The number of carbonyl (C=O) groups excluding carboxylic acids is 2. The molecule has 0 saturated heterocycles. The number of esters is 1. The molecule has 8 nitrogen and oxygen atoms in total. The van der Waals surface area contributed by atoms with Gasteiger partial charge < -0.3 is 29.0 Å². The first-order valence-electron chi connectivity index (χ1n) is 12.0.